The Morgan fingerprint density at radius 2 is 1.79 bits per heavy atom. The first-order valence-corrected chi connectivity index (χ1v) is 8.76. The molecule has 0 saturated carbocycles. The second-order valence-electron chi connectivity index (χ2n) is 7.53. The topological polar surface area (TPSA) is 48.7 Å². The summed E-state index contributed by atoms with van der Waals surface area (Å²) in [5.41, 5.74) is 0.666. The Balaban J connectivity index is 2.38. The predicted molar refractivity (Wildman–Crippen MR) is 97.0 cm³/mol. The summed E-state index contributed by atoms with van der Waals surface area (Å²) >= 11 is 0. The van der Waals surface area contributed by atoms with Gasteiger partial charge in [0.15, 0.2) is 5.78 Å². The minimum Gasteiger partial charge on any atom is -0.462 e. The third kappa shape index (κ3) is 3.67. The molecule has 0 atom stereocenters. The molecule has 0 radical (unpaired) electrons. The molecule has 1 fully saturated rings. The van der Waals surface area contributed by atoms with Crippen LogP contribution in [0.5, 0.6) is 0 Å². The van der Waals surface area contributed by atoms with Crippen LogP contribution < -0.4 is 0 Å². The molecule has 2 rings (SSSR count). The Morgan fingerprint density at radius 1 is 1.21 bits per heavy atom. The van der Waals surface area contributed by atoms with Gasteiger partial charge in [-0.1, -0.05) is 25.8 Å². The molecular weight excluding hydrogens is 303 g/mol. The number of unbranched alkanes of at least 4 members (excludes halogenated alkanes) is 2. The minimum absolute atomic E-state index is 0.00401. The maximum absolute atomic E-state index is 11.7. The molecule has 0 bridgehead atoms. The third-order valence-electron chi connectivity index (χ3n) is 5.01. The van der Waals surface area contributed by atoms with E-state index in [2.05, 4.69) is 13.0 Å². The molecule has 1 aliphatic heterocycles. The van der Waals surface area contributed by atoms with Gasteiger partial charge in [-0.05, 0) is 54.0 Å². The fraction of sp³-hybridized carbons (Fsp3) is 0.632. The Kier molecular flexibility index (Phi) is 5.45. The molecule has 5 heteroatoms. The Labute approximate surface area is 145 Å². The van der Waals surface area contributed by atoms with E-state index in [1.54, 1.807) is 13.0 Å². The van der Waals surface area contributed by atoms with E-state index >= 15 is 0 Å². The second kappa shape index (κ2) is 6.89. The molecule has 132 valence electrons. The zero-order chi connectivity index (χ0) is 18.1. The van der Waals surface area contributed by atoms with Gasteiger partial charge in [0.25, 0.3) is 0 Å². The summed E-state index contributed by atoms with van der Waals surface area (Å²) in [4.78, 5) is 11.7. The summed E-state index contributed by atoms with van der Waals surface area (Å²) in [7, 11) is -0.489. The summed E-state index contributed by atoms with van der Waals surface area (Å²) in [6.07, 6.45) is 5.24. The summed E-state index contributed by atoms with van der Waals surface area (Å²) in [5.74, 6) is 1.30. The van der Waals surface area contributed by atoms with Crippen LogP contribution in [0.3, 0.4) is 0 Å². The molecule has 0 spiro atoms. The molecule has 0 aromatic carbocycles. The molecule has 0 amide bonds. The maximum atomic E-state index is 11.7. The number of ketones is 1. The SMILES string of the molecule is CCCC/C=C(\B1OC(C)(C)C(C)(C)O1)c1cc(C(C)=O)c(C)o1. The number of hydrogen-bond donors (Lipinski definition) is 0. The monoisotopic (exact) mass is 332 g/mol. The fourth-order valence-corrected chi connectivity index (χ4v) is 2.72. The van der Waals surface area contributed by atoms with Gasteiger partial charge in [-0.25, -0.2) is 0 Å². The van der Waals surface area contributed by atoms with Gasteiger partial charge >= 0.3 is 7.12 Å². The van der Waals surface area contributed by atoms with Crippen LogP contribution in [0.15, 0.2) is 16.6 Å². The van der Waals surface area contributed by atoms with E-state index < -0.39 is 18.3 Å². The lowest BCUT2D eigenvalue weighted by molar-refractivity contribution is 0.00578. The first kappa shape index (κ1) is 19.0. The minimum atomic E-state index is -0.489. The van der Waals surface area contributed by atoms with Crippen molar-refractivity contribution in [2.24, 2.45) is 0 Å². The highest BCUT2D eigenvalue weighted by Gasteiger charge is 2.53. The van der Waals surface area contributed by atoms with Crippen LogP contribution in [0.25, 0.3) is 5.47 Å². The molecule has 4 nitrogen and oxygen atoms in total. The van der Waals surface area contributed by atoms with Gasteiger partial charge in [-0.3, -0.25) is 4.79 Å². The summed E-state index contributed by atoms with van der Waals surface area (Å²) in [6.45, 7) is 13.7. The van der Waals surface area contributed by atoms with Gasteiger partial charge in [-0.15, -0.1) is 0 Å². The van der Waals surface area contributed by atoms with Crippen molar-refractivity contribution in [3.05, 3.63) is 29.2 Å². The fourth-order valence-electron chi connectivity index (χ4n) is 2.72. The molecule has 0 aliphatic carbocycles. The number of furan rings is 1. The van der Waals surface area contributed by atoms with Crippen LogP contribution in [0, 0.1) is 6.92 Å². The van der Waals surface area contributed by atoms with Gasteiger partial charge < -0.3 is 13.7 Å². The van der Waals surface area contributed by atoms with Gasteiger partial charge in [0.1, 0.15) is 11.5 Å². The average molecular weight is 332 g/mol. The Morgan fingerprint density at radius 3 is 2.25 bits per heavy atom. The third-order valence-corrected chi connectivity index (χ3v) is 5.01. The molecule has 0 N–H and O–H groups in total. The van der Waals surface area contributed by atoms with E-state index in [9.17, 15) is 4.79 Å². The lowest BCUT2D eigenvalue weighted by Crippen LogP contribution is -2.41. The average Bonchev–Trinajstić information content (AvgIpc) is 2.93. The van der Waals surface area contributed by atoms with E-state index in [-0.39, 0.29) is 5.78 Å². The van der Waals surface area contributed by atoms with E-state index in [1.165, 1.54) is 0 Å². The zero-order valence-electron chi connectivity index (χ0n) is 16.0. The van der Waals surface area contributed by atoms with Gasteiger partial charge in [0, 0.05) is 5.47 Å². The normalized spacial score (nSPS) is 19.8. The quantitative estimate of drug-likeness (QED) is 0.418. The van der Waals surface area contributed by atoms with Crippen LogP contribution in [0.1, 0.15) is 82.7 Å². The number of carbonyl (C=O) groups excluding carboxylic acids is 1. The molecular formula is C19H29BO4. The van der Waals surface area contributed by atoms with Gasteiger partial charge in [0.2, 0.25) is 0 Å². The molecule has 1 saturated heterocycles. The van der Waals surface area contributed by atoms with Crippen LogP contribution in [0.4, 0.5) is 0 Å². The molecule has 1 aliphatic rings. The highest BCUT2D eigenvalue weighted by atomic mass is 16.7. The Hall–Kier alpha value is -1.33. The van der Waals surface area contributed by atoms with Crippen molar-refractivity contribution in [1.29, 1.82) is 0 Å². The lowest BCUT2D eigenvalue weighted by Gasteiger charge is -2.32. The van der Waals surface area contributed by atoms with Crippen molar-refractivity contribution < 1.29 is 18.5 Å². The van der Waals surface area contributed by atoms with Crippen molar-refractivity contribution in [2.75, 3.05) is 0 Å². The molecule has 1 aromatic heterocycles. The van der Waals surface area contributed by atoms with Crippen LogP contribution in [0.2, 0.25) is 0 Å². The largest absolute Gasteiger partial charge is 0.498 e. The highest BCUT2D eigenvalue weighted by Crippen LogP contribution is 2.41. The first-order valence-electron chi connectivity index (χ1n) is 8.76. The van der Waals surface area contributed by atoms with Gasteiger partial charge in [-0.2, -0.15) is 0 Å². The highest BCUT2D eigenvalue weighted by molar-refractivity contribution is 6.68. The number of Topliss-reactive ketones (excluding diaryl/α,β-unsaturated/α-hetero) is 1. The second-order valence-corrected chi connectivity index (χ2v) is 7.53. The van der Waals surface area contributed by atoms with Gasteiger partial charge in [0.05, 0.1) is 16.8 Å². The Bertz CT molecular complexity index is 624. The standard InChI is InChI=1S/C19H29BO4/c1-8-9-10-11-16(17-12-15(13(2)21)14(3)22-17)20-23-18(4,5)19(6,7)24-20/h11-12H,8-10H2,1-7H3/b16-11-. The van der Waals surface area contributed by atoms with Crippen LogP contribution in [-0.4, -0.2) is 24.1 Å². The van der Waals surface area contributed by atoms with E-state index in [1.807, 2.05) is 34.6 Å². The lowest BCUT2D eigenvalue weighted by atomic mass is 9.75. The van der Waals surface area contributed by atoms with Crippen molar-refractivity contribution in [3.8, 4) is 0 Å². The summed E-state index contributed by atoms with van der Waals surface area (Å²) in [6, 6.07) is 1.81. The van der Waals surface area contributed by atoms with Crippen LogP contribution in [-0.2, 0) is 9.31 Å². The van der Waals surface area contributed by atoms with Crippen LogP contribution >= 0.6 is 0 Å². The number of hydrogen-bond acceptors (Lipinski definition) is 4. The van der Waals surface area contributed by atoms with E-state index in [0.29, 0.717) is 17.1 Å². The van der Waals surface area contributed by atoms with Crippen molar-refractivity contribution in [3.63, 3.8) is 0 Å². The zero-order valence-corrected chi connectivity index (χ0v) is 16.0. The molecule has 0 unspecified atom stereocenters. The van der Waals surface area contributed by atoms with Crippen molar-refractivity contribution >= 4 is 18.4 Å². The smallest absolute Gasteiger partial charge is 0.462 e. The predicted octanol–water partition coefficient (Wildman–Crippen LogP) is 5.00. The molecule has 2 heterocycles. The first-order chi connectivity index (χ1) is 11.1. The van der Waals surface area contributed by atoms with Crippen molar-refractivity contribution in [1.82, 2.24) is 0 Å². The number of allylic oxidation sites excluding steroid dienone is 1. The van der Waals surface area contributed by atoms with Crippen molar-refractivity contribution in [2.45, 2.75) is 78.9 Å². The van der Waals surface area contributed by atoms with E-state index in [4.69, 9.17) is 13.7 Å². The number of carbonyl (C=O) groups is 1. The summed E-state index contributed by atoms with van der Waals surface area (Å²) in [5, 5.41) is 0. The maximum Gasteiger partial charge on any atom is 0.498 e. The van der Waals surface area contributed by atoms with E-state index in [0.717, 1.165) is 24.7 Å². The number of rotatable bonds is 6. The molecule has 24 heavy (non-hydrogen) atoms. The number of aryl methyl sites for hydroxylation is 1. The molecule has 1 aromatic rings. The summed E-state index contributed by atoms with van der Waals surface area (Å²) < 4.78 is 18.2.